The number of aromatic nitrogens is 1. The van der Waals surface area contributed by atoms with E-state index < -0.39 is 0 Å². The van der Waals surface area contributed by atoms with E-state index >= 15 is 0 Å². The van der Waals surface area contributed by atoms with Gasteiger partial charge < -0.3 is 10.2 Å². The number of piperidine rings is 1. The SMILES string of the molecule is Cc1ccc(-c2csc(NC(=O)CSCC(=O)N3CC(C)CC(C)C3)n2)cc1C. The summed E-state index contributed by atoms with van der Waals surface area (Å²) in [6.07, 6.45) is 1.18. The van der Waals surface area contributed by atoms with E-state index in [4.69, 9.17) is 0 Å². The number of aryl methyl sites for hydroxylation is 2. The maximum absolute atomic E-state index is 12.4. The standard InChI is InChI=1S/C22H29N3O2S2/c1-14-7-15(2)10-25(9-14)21(27)13-28-12-20(26)24-22-23-19(11-29-22)18-6-5-16(3)17(4)8-18/h5-6,8,11,14-15H,7,9-10,12-13H2,1-4H3,(H,23,24,26). The van der Waals surface area contributed by atoms with Crippen molar-refractivity contribution in [3.05, 3.63) is 34.7 Å². The zero-order valence-corrected chi connectivity index (χ0v) is 19.2. The van der Waals surface area contributed by atoms with Crippen LogP contribution in [0.15, 0.2) is 23.6 Å². The van der Waals surface area contributed by atoms with Crippen molar-refractivity contribution in [3.8, 4) is 11.3 Å². The molecule has 1 aromatic carbocycles. The second kappa shape index (κ2) is 9.76. The third kappa shape index (κ3) is 6.06. The molecular formula is C22H29N3O2S2. The Morgan fingerprint density at radius 2 is 1.90 bits per heavy atom. The number of likely N-dealkylation sites (tertiary alicyclic amines) is 1. The molecule has 2 amide bonds. The van der Waals surface area contributed by atoms with Crippen molar-refractivity contribution < 1.29 is 9.59 Å². The topological polar surface area (TPSA) is 62.3 Å². The molecule has 156 valence electrons. The maximum atomic E-state index is 12.4. The highest BCUT2D eigenvalue weighted by Gasteiger charge is 2.25. The fraction of sp³-hybridized carbons (Fsp3) is 0.500. The number of carbonyl (C=O) groups is 2. The Hall–Kier alpha value is -1.86. The van der Waals surface area contributed by atoms with Gasteiger partial charge in [0.2, 0.25) is 11.8 Å². The molecule has 0 spiro atoms. The molecule has 0 saturated carbocycles. The average Bonchev–Trinajstić information content (AvgIpc) is 3.11. The van der Waals surface area contributed by atoms with Gasteiger partial charge in [0.15, 0.2) is 5.13 Å². The van der Waals surface area contributed by atoms with Gasteiger partial charge in [0.25, 0.3) is 0 Å². The number of benzene rings is 1. The van der Waals surface area contributed by atoms with Crippen LogP contribution in [0, 0.1) is 25.7 Å². The number of hydrogen-bond donors (Lipinski definition) is 1. The first-order valence-electron chi connectivity index (χ1n) is 10.0. The van der Waals surface area contributed by atoms with E-state index in [1.54, 1.807) is 0 Å². The molecule has 0 radical (unpaired) electrons. The van der Waals surface area contributed by atoms with Crippen molar-refractivity contribution in [3.63, 3.8) is 0 Å². The third-order valence-electron chi connectivity index (χ3n) is 5.23. The Labute approximate surface area is 181 Å². The molecule has 1 aliphatic heterocycles. The Morgan fingerprint density at radius 3 is 2.59 bits per heavy atom. The molecule has 1 aliphatic rings. The molecule has 1 saturated heterocycles. The van der Waals surface area contributed by atoms with E-state index in [0.717, 1.165) is 24.3 Å². The van der Waals surface area contributed by atoms with Gasteiger partial charge in [-0.2, -0.15) is 0 Å². The molecule has 29 heavy (non-hydrogen) atoms. The smallest absolute Gasteiger partial charge is 0.236 e. The fourth-order valence-electron chi connectivity index (χ4n) is 3.71. The number of thiazole rings is 1. The summed E-state index contributed by atoms with van der Waals surface area (Å²) in [6, 6.07) is 6.24. The van der Waals surface area contributed by atoms with Gasteiger partial charge in [0.05, 0.1) is 17.2 Å². The highest BCUT2D eigenvalue weighted by atomic mass is 32.2. The molecule has 2 atom stereocenters. The summed E-state index contributed by atoms with van der Waals surface area (Å²) in [6.45, 7) is 10.2. The molecule has 1 N–H and O–H groups in total. The summed E-state index contributed by atoms with van der Waals surface area (Å²) >= 11 is 2.78. The Bertz CT molecular complexity index is 871. The normalized spacial score (nSPS) is 19.2. The van der Waals surface area contributed by atoms with Gasteiger partial charge in [-0.1, -0.05) is 26.0 Å². The van der Waals surface area contributed by atoms with Gasteiger partial charge in [-0.3, -0.25) is 9.59 Å². The molecule has 0 bridgehead atoms. The summed E-state index contributed by atoms with van der Waals surface area (Å²) < 4.78 is 0. The zero-order chi connectivity index (χ0) is 21.0. The van der Waals surface area contributed by atoms with Gasteiger partial charge in [0, 0.05) is 24.0 Å². The zero-order valence-electron chi connectivity index (χ0n) is 17.5. The molecule has 1 fully saturated rings. The van der Waals surface area contributed by atoms with Gasteiger partial charge in [-0.25, -0.2) is 4.98 Å². The van der Waals surface area contributed by atoms with Crippen molar-refractivity contribution in [1.29, 1.82) is 0 Å². The minimum absolute atomic E-state index is 0.121. The van der Waals surface area contributed by atoms with Crippen LogP contribution in [-0.2, 0) is 9.59 Å². The molecule has 1 aromatic heterocycles. The van der Waals surface area contributed by atoms with Crippen LogP contribution in [0.3, 0.4) is 0 Å². The van der Waals surface area contributed by atoms with Crippen LogP contribution >= 0.6 is 23.1 Å². The van der Waals surface area contributed by atoms with Crippen molar-refractivity contribution in [2.45, 2.75) is 34.1 Å². The summed E-state index contributed by atoms with van der Waals surface area (Å²) in [5.74, 6) is 1.71. The molecule has 2 unspecified atom stereocenters. The third-order valence-corrected chi connectivity index (χ3v) is 6.91. The van der Waals surface area contributed by atoms with Crippen LogP contribution in [0.5, 0.6) is 0 Å². The van der Waals surface area contributed by atoms with Crippen LogP contribution < -0.4 is 5.32 Å². The number of anilines is 1. The number of nitrogens with zero attached hydrogens (tertiary/aromatic N) is 2. The first-order chi connectivity index (χ1) is 13.8. The van der Waals surface area contributed by atoms with Gasteiger partial charge in [-0.05, 0) is 49.3 Å². The van der Waals surface area contributed by atoms with E-state index in [9.17, 15) is 9.59 Å². The van der Waals surface area contributed by atoms with Crippen molar-refractivity contribution in [1.82, 2.24) is 9.88 Å². The number of amides is 2. The number of rotatable bonds is 6. The molecular weight excluding hydrogens is 402 g/mol. The summed E-state index contributed by atoms with van der Waals surface area (Å²) in [5, 5.41) is 5.39. The quantitative estimate of drug-likeness (QED) is 0.726. The molecule has 2 aromatic rings. The van der Waals surface area contributed by atoms with Crippen molar-refractivity contribution in [2.75, 3.05) is 29.9 Å². The molecule has 2 heterocycles. The van der Waals surface area contributed by atoms with Crippen LogP contribution in [0.1, 0.15) is 31.4 Å². The highest BCUT2D eigenvalue weighted by molar-refractivity contribution is 8.00. The lowest BCUT2D eigenvalue weighted by molar-refractivity contribution is -0.130. The lowest BCUT2D eigenvalue weighted by atomic mass is 9.92. The van der Waals surface area contributed by atoms with Crippen molar-refractivity contribution >= 4 is 40.0 Å². The predicted molar refractivity (Wildman–Crippen MR) is 123 cm³/mol. The largest absolute Gasteiger partial charge is 0.341 e. The molecule has 7 heteroatoms. The average molecular weight is 432 g/mol. The van der Waals surface area contributed by atoms with Crippen LogP contribution in [-0.4, -0.2) is 46.3 Å². The van der Waals surface area contributed by atoms with E-state index in [-0.39, 0.29) is 17.6 Å². The minimum Gasteiger partial charge on any atom is -0.341 e. The van der Waals surface area contributed by atoms with E-state index in [1.165, 1.54) is 40.6 Å². The lowest BCUT2D eigenvalue weighted by Gasteiger charge is -2.35. The molecule has 3 rings (SSSR count). The highest BCUT2D eigenvalue weighted by Crippen LogP contribution is 2.26. The number of nitrogens with one attached hydrogen (secondary N) is 1. The first-order valence-corrected chi connectivity index (χ1v) is 12.0. The maximum Gasteiger partial charge on any atom is 0.236 e. The van der Waals surface area contributed by atoms with Gasteiger partial charge >= 0.3 is 0 Å². The van der Waals surface area contributed by atoms with E-state index in [2.05, 4.69) is 50.1 Å². The number of hydrogen-bond acceptors (Lipinski definition) is 5. The van der Waals surface area contributed by atoms with Crippen LogP contribution in [0.2, 0.25) is 0 Å². The number of thioether (sulfide) groups is 1. The Kier molecular flexibility index (Phi) is 7.35. The van der Waals surface area contributed by atoms with Crippen LogP contribution in [0.25, 0.3) is 11.3 Å². The van der Waals surface area contributed by atoms with E-state index in [1.807, 2.05) is 16.3 Å². The summed E-state index contributed by atoms with van der Waals surface area (Å²) in [5.41, 5.74) is 4.39. The molecule has 0 aliphatic carbocycles. The van der Waals surface area contributed by atoms with Gasteiger partial charge in [-0.15, -0.1) is 23.1 Å². The van der Waals surface area contributed by atoms with Crippen LogP contribution in [0.4, 0.5) is 5.13 Å². The molecule has 5 nitrogen and oxygen atoms in total. The summed E-state index contributed by atoms with van der Waals surface area (Å²) in [4.78, 5) is 31.1. The Balaban J connectivity index is 1.46. The number of carbonyl (C=O) groups excluding carboxylic acids is 2. The minimum atomic E-state index is -0.121. The Morgan fingerprint density at radius 1 is 1.17 bits per heavy atom. The lowest BCUT2D eigenvalue weighted by Crippen LogP contribution is -2.43. The van der Waals surface area contributed by atoms with Crippen molar-refractivity contribution in [2.24, 2.45) is 11.8 Å². The van der Waals surface area contributed by atoms with E-state index in [0.29, 0.717) is 22.7 Å². The predicted octanol–water partition coefficient (Wildman–Crippen LogP) is 4.60. The second-order valence-corrected chi connectivity index (χ2v) is 9.97. The summed E-state index contributed by atoms with van der Waals surface area (Å²) in [7, 11) is 0. The first kappa shape index (κ1) is 21.8. The van der Waals surface area contributed by atoms with Gasteiger partial charge in [0.1, 0.15) is 0 Å². The fourth-order valence-corrected chi connectivity index (χ4v) is 5.16. The second-order valence-electron chi connectivity index (χ2n) is 8.12. The monoisotopic (exact) mass is 431 g/mol.